The predicted molar refractivity (Wildman–Crippen MR) is 102 cm³/mol. The molecule has 1 amide bonds. The van der Waals surface area contributed by atoms with Crippen LogP contribution in [0.5, 0.6) is 5.75 Å². The number of aliphatic hydroxyl groups is 1. The number of nitrogens with zero attached hydrogens (tertiary/aromatic N) is 3. The lowest BCUT2D eigenvalue weighted by molar-refractivity contribution is 0.0764. The molecule has 0 aliphatic carbocycles. The minimum Gasteiger partial charge on any atom is -0.495 e. The monoisotopic (exact) mass is 421 g/mol. The number of halogens is 1. The van der Waals surface area contributed by atoms with E-state index in [0.717, 1.165) is 4.47 Å². The van der Waals surface area contributed by atoms with Gasteiger partial charge >= 0.3 is 0 Å². The van der Waals surface area contributed by atoms with E-state index in [-0.39, 0.29) is 5.91 Å². The number of rotatable bonds is 5. The lowest BCUT2D eigenvalue weighted by atomic mass is 10.1. The minimum absolute atomic E-state index is 0.122. The maximum atomic E-state index is 12.6. The number of hydrogen-bond donors (Lipinski definition) is 3. The van der Waals surface area contributed by atoms with Crippen LogP contribution in [0.3, 0.4) is 0 Å². The van der Waals surface area contributed by atoms with Gasteiger partial charge in [0.15, 0.2) is 0 Å². The van der Waals surface area contributed by atoms with Crippen LogP contribution in [0.4, 0.5) is 17.5 Å². The maximum Gasteiger partial charge on any atom is 0.254 e. The van der Waals surface area contributed by atoms with Crippen LogP contribution in [-0.4, -0.2) is 59.2 Å². The molecule has 1 saturated heterocycles. The molecule has 0 saturated carbocycles. The number of anilines is 3. The van der Waals surface area contributed by atoms with Crippen molar-refractivity contribution >= 4 is 39.3 Å². The average Bonchev–Trinajstić information content (AvgIpc) is 3.09. The second kappa shape index (κ2) is 7.88. The SMILES string of the molecule is CNc1nc(Nc2ccc(C(=O)N3CC[C@@H](O)C3)cc2OC)ncc1Br. The van der Waals surface area contributed by atoms with Gasteiger partial charge in [0, 0.05) is 31.9 Å². The molecule has 0 bridgehead atoms. The van der Waals surface area contributed by atoms with E-state index in [1.165, 1.54) is 7.11 Å². The Morgan fingerprint density at radius 2 is 2.27 bits per heavy atom. The second-order valence-corrected chi connectivity index (χ2v) is 6.73. The molecular formula is C17H20BrN5O3. The maximum absolute atomic E-state index is 12.6. The fraction of sp³-hybridized carbons (Fsp3) is 0.353. The van der Waals surface area contributed by atoms with Crippen molar-refractivity contribution in [1.82, 2.24) is 14.9 Å². The zero-order valence-corrected chi connectivity index (χ0v) is 16.1. The van der Waals surface area contributed by atoms with Crippen LogP contribution >= 0.6 is 15.9 Å². The topological polar surface area (TPSA) is 99.6 Å². The third-order valence-electron chi connectivity index (χ3n) is 4.13. The van der Waals surface area contributed by atoms with Crippen LogP contribution in [0.25, 0.3) is 0 Å². The average molecular weight is 422 g/mol. The van der Waals surface area contributed by atoms with Crippen molar-refractivity contribution in [3.05, 3.63) is 34.4 Å². The molecule has 26 heavy (non-hydrogen) atoms. The molecule has 1 aliphatic heterocycles. The van der Waals surface area contributed by atoms with Crippen LogP contribution in [0.1, 0.15) is 16.8 Å². The van der Waals surface area contributed by atoms with E-state index in [0.29, 0.717) is 48.3 Å². The summed E-state index contributed by atoms with van der Waals surface area (Å²) in [4.78, 5) is 22.8. The van der Waals surface area contributed by atoms with Gasteiger partial charge in [-0.25, -0.2) is 4.98 Å². The van der Waals surface area contributed by atoms with Crippen molar-refractivity contribution in [2.75, 3.05) is 37.9 Å². The largest absolute Gasteiger partial charge is 0.495 e. The van der Waals surface area contributed by atoms with Crippen molar-refractivity contribution in [3.8, 4) is 5.75 Å². The summed E-state index contributed by atoms with van der Waals surface area (Å²) in [6, 6.07) is 5.14. The van der Waals surface area contributed by atoms with Gasteiger partial charge in [0.25, 0.3) is 5.91 Å². The highest BCUT2D eigenvalue weighted by atomic mass is 79.9. The summed E-state index contributed by atoms with van der Waals surface area (Å²) in [6.07, 6.45) is 1.80. The lowest BCUT2D eigenvalue weighted by Crippen LogP contribution is -2.29. The Morgan fingerprint density at radius 1 is 1.46 bits per heavy atom. The number of ether oxygens (including phenoxy) is 1. The van der Waals surface area contributed by atoms with Gasteiger partial charge in [0.05, 0.1) is 23.4 Å². The van der Waals surface area contributed by atoms with E-state index in [4.69, 9.17) is 4.74 Å². The Kier molecular flexibility index (Phi) is 5.58. The van der Waals surface area contributed by atoms with E-state index in [9.17, 15) is 9.90 Å². The van der Waals surface area contributed by atoms with Crippen molar-refractivity contribution in [1.29, 1.82) is 0 Å². The molecule has 0 spiro atoms. The highest BCUT2D eigenvalue weighted by molar-refractivity contribution is 9.10. The summed E-state index contributed by atoms with van der Waals surface area (Å²) < 4.78 is 6.17. The Morgan fingerprint density at radius 3 is 2.92 bits per heavy atom. The number of aliphatic hydroxyl groups excluding tert-OH is 1. The third kappa shape index (κ3) is 3.88. The zero-order valence-electron chi connectivity index (χ0n) is 14.5. The first-order chi connectivity index (χ1) is 12.5. The molecule has 2 heterocycles. The fourth-order valence-electron chi connectivity index (χ4n) is 2.76. The summed E-state index contributed by atoms with van der Waals surface area (Å²) >= 11 is 3.37. The van der Waals surface area contributed by atoms with Gasteiger partial charge in [-0.1, -0.05) is 0 Å². The van der Waals surface area contributed by atoms with E-state index < -0.39 is 6.10 Å². The molecule has 2 aromatic rings. The van der Waals surface area contributed by atoms with Crippen molar-refractivity contribution in [2.45, 2.75) is 12.5 Å². The van der Waals surface area contributed by atoms with Crippen molar-refractivity contribution in [2.24, 2.45) is 0 Å². The minimum atomic E-state index is -0.447. The number of hydrogen-bond acceptors (Lipinski definition) is 7. The van der Waals surface area contributed by atoms with E-state index in [2.05, 4.69) is 36.5 Å². The molecule has 1 atom stereocenters. The quantitative estimate of drug-likeness (QED) is 0.680. The Bertz CT molecular complexity index is 817. The van der Waals surface area contributed by atoms with Gasteiger partial charge in [-0.2, -0.15) is 4.98 Å². The normalized spacial score (nSPS) is 16.5. The number of nitrogens with one attached hydrogen (secondary N) is 2. The smallest absolute Gasteiger partial charge is 0.254 e. The first-order valence-corrected chi connectivity index (χ1v) is 8.93. The molecule has 3 rings (SSSR count). The third-order valence-corrected chi connectivity index (χ3v) is 4.71. The van der Waals surface area contributed by atoms with Crippen LogP contribution in [-0.2, 0) is 0 Å². The first kappa shape index (κ1) is 18.4. The van der Waals surface area contributed by atoms with Gasteiger partial charge in [-0.3, -0.25) is 4.79 Å². The highest BCUT2D eigenvalue weighted by Gasteiger charge is 2.26. The molecule has 1 aromatic heterocycles. The van der Waals surface area contributed by atoms with E-state index >= 15 is 0 Å². The molecule has 1 fully saturated rings. The predicted octanol–water partition coefficient (Wildman–Crippen LogP) is 2.24. The standard InChI is InChI=1S/C17H20BrN5O3/c1-19-15-12(18)8-20-17(22-15)21-13-4-3-10(7-14(13)26-2)16(25)23-6-5-11(24)9-23/h3-4,7-8,11,24H,5-6,9H2,1-2H3,(H2,19,20,21,22)/t11-/m1/s1. The Hall–Kier alpha value is -2.39. The molecule has 138 valence electrons. The van der Waals surface area contributed by atoms with Crippen LogP contribution in [0.2, 0.25) is 0 Å². The van der Waals surface area contributed by atoms with Gasteiger partial charge in [0.2, 0.25) is 5.95 Å². The number of carbonyl (C=O) groups excluding carboxylic acids is 1. The molecule has 1 aromatic carbocycles. The molecule has 3 N–H and O–H groups in total. The van der Waals surface area contributed by atoms with E-state index in [1.54, 1.807) is 36.3 Å². The molecule has 9 heteroatoms. The number of methoxy groups -OCH3 is 1. The Balaban J connectivity index is 1.82. The highest BCUT2D eigenvalue weighted by Crippen LogP contribution is 2.29. The van der Waals surface area contributed by atoms with Gasteiger partial charge in [-0.05, 0) is 40.5 Å². The van der Waals surface area contributed by atoms with Gasteiger partial charge in [0.1, 0.15) is 11.6 Å². The lowest BCUT2D eigenvalue weighted by Gasteiger charge is -2.17. The second-order valence-electron chi connectivity index (χ2n) is 5.87. The van der Waals surface area contributed by atoms with Crippen LogP contribution < -0.4 is 15.4 Å². The molecule has 1 aliphatic rings. The van der Waals surface area contributed by atoms with Crippen molar-refractivity contribution < 1.29 is 14.6 Å². The zero-order chi connectivity index (χ0) is 18.7. The number of carbonyl (C=O) groups is 1. The number of likely N-dealkylation sites (tertiary alicyclic amines) is 1. The van der Waals surface area contributed by atoms with Crippen LogP contribution in [0.15, 0.2) is 28.9 Å². The number of aromatic nitrogens is 2. The molecule has 0 unspecified atom stereocenters. The summed E-state index contributed by atoms with van der Waals surface area (Å²) in [7, 11) is 3.31. The number of β-amino-alcohol motifs (C(OH)–C–C–N with tert-alkyl or cyclic N) is 1. The molecule has 0 radical (unpaired) electrons. The number of benzene rings is 1. The van der Waals surface area contributed by atoms with Gasteiger partial charge in [-0.15, -0.1) is 0 Å². The van der Waals surface area contributed by atoms with E-state index in [1.807, 2.05) is 0 Å². The first-order valence-electron chi connectivity index (χ1n) is 8.14. The molecular weight excluding hydrogens is 402 g/mol. The summed E-state index contributed by atoms with van der Waals surface area (Å²) in [5.41, 5.74) is 1.16. The number of amides is 1. The van der Waals surface area contributed by atoms with Gasteiger partial charge < -0.3 is 25.4 Å². The summed E-state index contributed by atoms with van der Waals surface area (Å²) in [6.45, 7) is 0.919. The summed E-state index contributed by atoms with van der Waals surface area (Å²) in [5.74, 6) is 1.44. The fourth-order valence-corrected chi connectivity index (χ4v) is 3.15. The van der Waals surface area contributed by atoms with Crippen LogP contribution in [0, 0.1) is 0 Å². The Labute approximate surface area is 159 Å². The molecule has 8 nitrogen and oxygen atoms in total. The summed E-state index contributed by atoms with van der Waals surface area (Å²) in [5, 5.41) is 15.7. The van der Waals surface area contributed by atoms with Crippen molar-refractivity contribution in [3.63, 3.8) is 0 Å².